The standard InChI is InChI=1S/C12H23N5O3/c1-8(2)14-11(18)9(3)15-12-17-16-10(20-12)7-13-5-6-19-4/h8-9,13H,5-7H2,1-4H3,(H,14,18)(H,15,17). The molecule has 8 heteroatoms. The van der Waals surface area contributed by atoms with Gasteiger partial charge in [-0.15, -0.1) is 5.10 Å². The number of carbonyl (C=O) groups is 1. The van der Waals surface area contributed by atoms with Gasteiger partial charge in [0.05, 0.1) is 13.2 Å². The number of nitrogens with zero attached hydrogens (tertiary/aromatic N) is 2. The Bertz CT molecular complexity index is 408. The Kier molecular flexibility index (Phi) is 6.96. The van der Waals surface area contributed by atoms with E-state index in [0.29, 0.717) is 25.6 Å². The molecule has 0 saturated heterocycles. The van der Waals surface area contributed by atoms with E-state index in [1.807, 2.05) is 13.8 Å². The third-order valence-corrected chi connectivity index (χ3v) is 2.39. The SMILES string of the molecule is COCCNCc1nnc(NC(C)C(=O)NC(C)C)o1. The summed E-state index contributed by atoms with van der Waals surface area (Å²) in [5.41, 5.74) is 0. The van der Waals surface area contributed by atoms with Crippen molar-refractivity contribution in [1.82, 2.24) is 20.8 Å². The zero-order valence-electron chi connectivity index (χ0n) is 12.4. The van der Waals surface area contributed by atoms with E-state index in [1.54, 1.807) is 14.0 Å². The van der Waals surface area contributed by atoms with Crippen molar-refractivity contribution in [3.05, 3.63) is 5.89 Å². The zero-order chi connectivity index (χ0) is 15.0. The molecule has 0 bridgehead atoms. The van der Waals surface area contributed by atoms with E-state index in [-0.39, 0.29) is 18.0 Å². The predicted octanol–water partition coefficient (Wildman–Crippen LogP) is 0.131. The van der Waals surface area contributed by atoms with Crippen molar-refractivity contribution < 1.29 is 13.9 Å². The summed E-state index contributed by atoms with van der Waals surface area (Å²) in [5, 5.41) is 16.5. The molecule has 0 aliphatic carbocycles. The number of methoxy groups -OCH3 is 1. The average molecular weight is 285 g/mol. The van der Waals surface area contributed by atoms with E-state index in [0.717, 1.165) is 0 Å². The molecule has 1 heterocycles. The van der Waals surface area contributed by atoms with Gasteiger partial charge in [0.25, 0.3) is 0 Å². The van der Waals surface area contributed by atoms with Crippen molar-refractivity contribution in [2.24, 2.45) is 0 Å². The third kappa shape index (κ3) is 5.98. The third-order valence-electron chi connectivity index (χ3n) is 2.39. The molecule has 1 unspecified atom stereocenters. The number of aromatic nitrogens is 2. The van der Waals surface area contributed by atoms with Crippen LogP contribution in [0, 0.1) is 0 Å². The van der Waals surface area contributed by atoms with Gasteiger partial charge in [0.15, 0.2) is 0 Å². The van der Waals surface area contributed by atoms with E-state index in [9.17, 15) is 4.79 Å². The zero-order valence-corrected chi connectivity index (χ0v) is 12.4. The molecule has 0 aliphatic heterocycles. The fourth-order valence-electron chi connectivity index (χ4n) is 1.41. The van der Waals surface area contributed by atoms with Crippen molar-refractivity contribution in [3.63, 3.8) is 0 Å². The molecule has 1 rings (SSSR count). The van der Waals surface area contributed by atoms with Crippen molar-refractivity contribution in [1.29, 1.82) is 0 Å². The first-order valence-corrected chi connectivity index (χ1v) is 6.62. The van der Waals surface area contributed by atoms with Gasteiger partial charge in [0, 0.05) is 19.7 Å². The van der Waals surface area contributed by atoms with Crippen LogP contribution < -0.4 is 16.0 Å². The van der Waals surface area contributed by atoms with Crippen LogP contribution in [0.25, 0.3) is 0 Å². The predicted molar refractivity (Wildman–Crippen MR) is 74.2 cm³/mol. The van der Waals surface area contributed by atoms with Gasteiger partial charge >= 0.3 is 6.01 Å². The van der Waals surface area contributed by atoms with Crippen LogP contribution in [0.1, 0.15) is 26.7 Å². The van der Waals surface area contributed by atoms with Crippen LogP contribution in [-0.4, -0.2) is 48.4 Å². The Balaban J connectivity index is 2.37. The normalized spacial score (nSPS) is 12.4. The lowest BCUT2D eigenvalue weighted by Crippen LogP contribution is -2.41. The number of hydrogen-bond acceptors (Lipinski definition) is 7. The van der Waals surface area contributed by atoms with E-state index < -0.39 is 6.04 Å². The van der Waals surface area contributed by atoms with Crippen LogP contribution in [0.3, 0.4) is 0 Å². The smallest absolute Gasteiger partial charge is 0.316 e. The molecule has 0 saturated carbocycles. The molecule has 1 aromatic rings. The van der Waals surface area contributed by atoms with Crippen LogP contribution in [0.4, 0.5) is 6.01 Å². The molecule has 0 spiro atoms. The maximum atomic E-state index is 11.7. The van der Waals surface area contributed by atoms with Crippen LogP contribution in [-0.2, 0) is 16.1 Å². The molecule has 3 N–H and O–H groups in total. The second-order valence-electron chi connectivity index (χ2n) is 4.70. The summed E-state index contributed by atoms with van der Waals surface area (Å²) in [6.45, 7) is 7.33. The lowest BCUT2D eigenvalue weighted by atomic mass is 10.3. The molecule has 8 nitrogen and oxygen atoms in total. The molecule has 0 fully saturated rings. The van der Waals surface area contributed by atoms with Crippen LogP contribution in [0.5, 0.6) is 0 Å². The molecular formula is C12H23N5O3. The Morgan fingerprint density at radius 3 is 2.75 bits per heavy atom. The summed E-state index contributed by atoms with van der Waals surface area (Å²) in [6.07, 6.45) is 0. The number of ether oxygens (including phenoxy) is 1. The van der Waals surface area contributed by atoms with E-state index in [2.05, 4.69) is 26.1 Å². The highest BCUT2D eigenvalue weighted by atomic mass is 16.5. The second-order valence-corrected chi connectivity index (χ2v) is 4.70. The topological polar surface area (TPSA) is 101 Å². The molecule has 0 radical (unpaired) electrons. The molecule has 1 amide bonds. The van der Waals surface area contributed by atoms with E-state index in [1.165, 1.54) is 0 Å². The van der Waals surface area contributed by atoms with Gasteiger partial charge in [-0.05, 0) is 20.8 Å². The van der Waals surface area contributed by atoms with Crippen molar-refractivity contribution in [3.8, 4) is 0 Å². The Morgan fingerprint density at radius 1 is 1.35 bits per heavy atom. The van der Waals surface area contributed by atoms with E-state index >= 15 is 0 Å². The summed E-state index contributed by atoms with van der Waals surface area (Å²) < 4.78 is 10.3. The first-order valence-electron chi connectivity index (χ1n) is 6.62. The van der Waals surface area contributed by atoms with Gasteiger partial charge in [0.2, 0.25) is 11.8 Å². The van der Waals surface area contributed by atoms with Gasteiger partial charge in [-0.25, -0.2) is 0 Å². The Labute approximate surface area is 118 Å². The van der Waals surface area contributed by atoms with Crippen molar-refractivity contribution >= 4 is 11.9 Å². The van der Waals surface area contributed by atoms with Gasteiger partial charge in [-0.2, -0.15) is 0 Å². The fraction of sp³-hybridized carbons (Fsp3) is 0.750. The maximum absolute atomic E-state index is 11.7. The summed E-state index contributed by atoms with van der Waals surface area (Å²) in [4.78, 5) is 11.7. The minimum atomic E-state index is -0.438. The largest absolute Gasteiger partial charge is 0.407 e. The maximum Gasteiger partial charge on any atom is 0.316 e. The monoisotopic (exact) mass is 285 g/mol. The lowest BCUT2D eigenvalue weighted by molar-refractivity contribution is -0.122. The highest BCUT2D eigenvalue weighted by molar-refractivity contribution is 5.83. The first-order chi connectivity index (χ1) is 9.52. The van der Waals surface area contributed by atoms with Crippen LogP contribution in [0.15, 0.2) is 4.42 Å². The van der Waals surface area contributed by atoms with Gasteiger partial charge < -0.3 is 25.1 Å². The van der Waals surface area contributed by atoms with Crippen molar-refractivity contribution in [2.75, 3.05) is 25.6 Å². The summed E-state index contributed by atoms with van der Waals surface area (Å²) >= 11 is 0. The number of amides is 1. The highest BCUT2D eigenvalue weighted by Gasteiger charge is 2.16. The Hall–Kier alpha value is -1.67. The number of hydrogen-bond donors (Lipinski definition) is 3. The van der Waals surface area contributed by atoms with Gasteiger partial charge in [-0.3, -0.25) is 4.79 Å². The Morgan fingerprint density at radius 2 is 2.10 bits per heavy atom. The summed E-state index contributed by atoms with van der Waals surface area (Å²) in [6, 6.07) is -0.109. The molecule has 1 atom stereocenters. The number of anilines is 1. The minimum Gasteiger partial charge on any atom is -0.407 e. The van der Waals surface area contributed by atoms with Gasteiger partial charge in [-0.1, -0.05) is 5.10 Å². The van der Waals surface area contributed by atoms with Crippen molar-refractivity contribution in [2.45, 2.75) is 39.4 Å². The quantitative estimate of drug-likeness (QED) is 0.554. The number of nitrogens with one attached hydrogen (secondary N) is 3. The van der Waals surface area contributed by atoms with E-state index in [4.69, 9.17) is 9.15 Å². The fourth-order valence-corrected chi connectivity index (χ4v) is 1.41. The number of carbonyl (C=O) groups excluding carboxylic acids is 1. The first kappa shape index (κ1) is 16.4. The number of rotatable bonds is 9. The average Bonchev–Trinajstić information content (AvgIpc) is 2.81. The van der Waals surface area contributed by atoms with Crippen LogP contribution in [0.2, 0.25) is 0 Å². The molecule has 0 aliphatic rings. The van der Waals surface area contributed by atoms with Crippen LogP contribution >= 0.6 is 0 Å². The lowest BCUT2D eigenvalue weighted by Gasteiger charge is -2.14. The molecular weight excluding hydrogens is 262 g/mol. The molecule has 0 aromatic carbocycles. The summed E-state index contributed by atoms with van der Waals surface area (Å²) in [5.74, 6) is 0.345. The molecule has 1 aromatic heterocycles. The summed E-state index contributed by atoms with van der Waals surface area (Å²) in [7, 11) is 1.64. The second kappa shape index (κ2) is 8.49. The highest BCUT2D eigenvalue weighted by Crippen LogP contribution is 2.06. The molecule has 114 valence electrons. The minimum absolute atomic E-state index is 0.0926. The molecule has 20 heavy (non-hydrogen) atoms. The van der Waals surface area contributed by atoms with Gasteiger partial charge in [0.1, 0.15) is 6.04 Å².